The van der Waals surface area contributed by atoms with Crippen molar-refractivity contribution in [2.24, 2.45) is 5.92 Å². The lowest BCUT2D eigenvalue weighted by Crippen LogP contribution is -2.53. The molecule has 1 fully saturated rings. The molecule has 1 heterocycles. The Hall–Kier alpha value is -2.02. The summed E-state index contributed by atoms with van der Waals surface area (Å²) >= 11 is 0. The van der Waals surface area contributed by atoms with Crippen LogP contribution in [0.15, 0.2) is 12.1 Å². The number of amides is 1. The molecule has 1 N–H and O–H groups in total. The summed E-state index contributed by atoms with van der Waals surface area (Å²) < 4.78 is 38.4. The smallest absolute Gasteiger partial charge is 0.410 e. The first kappa shape index (κ1) is 18.3. The van der Waals surface area contributed by atoms with Crippen molar-refractivity contribution in [3.05, 3.63) is 34.9 Å². The van der Waals surface area contributed by atoms with Crippen LogP contribution in [0.25, 0.3) is 0 Å². The van der Waals surface area contributed by atoms with Crippen molar-refractivity contribution in [3.8, 4) is 0 Å². The largest absolute Gasteiger partial charge is 0.444 e. The molecule has 1 aromatic rings. The zero-order valence-electron chi connectivity index (χ0n) is 14.2. The van der Waals surface area contributed by atoms with E-state index >= 15 is 0 Å². The molecule has 0 spiro atoms. The topological polar surface area (TPSA) is 62.6 Å². The molecule has 1 aliphatic rings. The van der Waals surface area contributed by atoms with Gasteiger partial charge in [-0.05, 0) is 38.5 Å². The fraction of sp³-hybridized carbons (Fsp3) is 0.529. The second-order valence-electron chi connectivity index (χ2n) is 6.84. The van der Waals surface area contributed by atoms with Crippen LogP contribution in [0.1, 0.15) is 38.0 Å². The zero-order valence-corrected chi connectivity index (χ0v) is 14.2. The van der Waals surface area contributed by atoms with Crippen LogP contribution in [0.2, 0.25) is 0 Å². The quantitative estimate of drug-likeness (QED) is 0.853. The highest BCUT2D eigenvalue weighted by Crippen LogP contribution is 2.34. The van der Waals surface area contributed by atoms with Gasteiger partial charge in [-0.2, -0.15) is 0 Å². The Labute approximate surface area is 140 Å². The van der Waals surface area contributed by atoms with Gasteiger partial charge in [-0.1, -0.05) is 0 Å². The minimum Gasteiger partial charge on any atom is -0.444 e. The van der Waals surface area contributed by atoms with Crippen LogP contribution in [-0.4, -0.2) is 43.0 Å². The maximum Gasteiger partial charge on any atom is 0.410 e. The Bertz CT molecular complexity index is 614. The summed E-state index contributed by atoms with van der Waals surface area (Å²) in [5, 5.41) is 7.03. The molecule has 7 heteroatoms. The van der Waals surface area contributed by atoms with Crippen LogP contribution in [0.5, 0.6) is 0 Å². The van der Waals surface area contributed by atoms with E-state index in [1.54, 1.807) is 20.8 Å². The molecule has 0 bridgehead atoms. The molecular formula is C17H22F2N2O3. The van der Waals surface area contributed by atoms with E-state index in [-0.39, 0.29) is 11.5 Å². The van der Waals surface area contributed by atoms with Gasteiger partial charge in [-0.3, -0.25) is 0 Å². The third-order valence-electron chi connectivity index (χ3n) is 3.82. The van der Waals surface area contributed by atoms with Gasteiger partial charge in [-0.25, -0.2) is 13.6 Å². The highest BCUT2D eigenvalue weighted by Gasteiger charge is 2.39. The number of methoxy groups -OCH3 is 1. The van der Waals surface area contributed by atoms with E-state index in [1.165, 1.54) is 24.1 Å². The van der Waals surface area contributed by atoms with Crippen molar-refractivity contribution in [2.45, 2.75) is 32.5 Å². The van der Waals surface area contributed by atoms with Crippen LogP contribution in [0.4, 0.5) is 13.6 Å². The molecule has 2 rings (SSSR count). The molecular weight excluding hydrogens is 318 g/mol. The number of carbonyl (C=O) groups is 1. The summed E-state index contributed by atoms with van der Waals surface area (Å²) in [7, 11) is 1.46. The lowest BCUT2D eigenvalue weighted by Gasteiger charge is -2.43. The minimum atomic E-state index is -0.801. The zero-order chi connectivity index (χ0) is 18.1. The number of nitrogens with one attached hydrogen (secondary N) is 1. The van der Waals surface area contributed by atoms with E-state index in [1.807, 2.05) is 0 Å². The van der Waals surface area contributed by atoms with E-state index in [0.29, 0.717) is 24.9 Å². The van der Waals surface area contributed by atoms with Gasteiger partial charge in [0.2, 0.25) is 0 Å². The summed E-state index contributed by atoms with van der Waals surface area (Å²) in [6.07, 6.45) is -0.304. The first-order chi connectivity index (χ1) is 11.2. The third-order valence-corrected chi connectivity index (χ3v) is 3.82. The predicted octanol–water partition coefficient (Wildman–Crippen LogP) is 3.52. The Morgan fingerprint density at radius 1 is 1.33 bits per heavy atom. The highest BCUT2D eigenvalue weighted by atomic mass is 19.1. The molecule has 0 saturated carbocycles. The van der Waals surface area contributed by atoms with E-state index in [4.69, 9.17) is 14.9 Å². The molecule has 1 saturated heterocycles. The fourth-order valence-corrected chi connectivity index (χ4v) is 2.69. The Kier molecular flexibility index (Phi) is 5.22. The number of hydrogen-bond acceptors (Lipinski definition) is 4. The van der Waals surface area contributed by atoms with E-state index in [0.717, 1.165) is 0 Å². The summed E-state index contributed by atoms with van der Waals surface area (Å²) in [5.74, 6) is -1.68. The Morgan fingerprint density at radius 3 is 2.29 bits per heavy atom. The predicted molar refractivity (Wildman–Crippen MR) is 85.3 cm³/mol. The molecule has 0 aliphatic carbocycles. The summed E-state index contributed by atoms with van der Waals surface area (Å²) in [4.78, 5) is 13.5. The number of hydrogen-bond donors (Lipinski definition) is 1. The van der Waals surface area contributed by atoms with Gasteiger partial charge < -0.3 is 19.8 Å². The molecule has 1 atom stereocenters. The van der Waals surface area contributed by atoms with Gasteiger partial charge in [0.25, 0.3) is 0 Å². The van der Waals surface area contributed by atoms with Crippen LogP contribution in [0, 0.1) is 23.0 Å². The lowest BCUT2D eigenvalue weighted by atomic mass is 9.88. The monoisotopic (exact) mass is 340 g/mol. The van der Waals surface area contributed by atoms with Gasteiger partial charge in [-0.15, -0.1) is 0 Å². The van der Waals surface area contributed by atoms with Crippen LogP contribution < -0.4 is 0 Å². The van der Waals surface area contributed by atoms with Gasteiger partial charge in [0, 0.05) is 32.3 Å². The van der Waals surface area contributed by atoms with Crippen molar-refractivity contribution in [3.63, 3.8) is 0 Å². The minimum absolute atomic E-state index is 0.0767. The Balaban J connectivity index is 2.07. The van der Waals surface area contributed by atoms with Crippen molar-refractivity contribution < 1.29 is 23.0 Å². The molecule has 0 radical (unpaired) electrons. The molecule has 1 amide bonds. The maximum absolute atomic E-state index is 13.9. The number of rotatable bonds is 4. The maximum atomic E-state index is 13.9. The average Bonchev–Trinajstić information content (AvgIpc) is 2.39. The number of benzene rings is 1. The number of likely N-dealkylation sites (tertiary alicyclic amines) is 1. The van der Waals surface area contributed by atoms with Crippen LogP contribution >= 0.6 is 0 Å². The number of carbonyl (C=O) groups excluding carboxylic acids is 1. The first-order valence-electron chi connectivity index (χ1n) is 7.66. The molecule has 5 nitrogen and oxygen atoms in total. The van der Waals surface area contributed by atoms with Gasteiger partial charge in [0.15, 0.2) is 0 Å². The number of nitrogens with zero attached hydrogens (tertiary/aromatic N) is 1. The van der Waals surface area contributed by atoms with E-state index in [2.05, 4.69) is 0 Å². The summed E-state index contributed by atoms with van der Waals surface area (Å²) in [5.41, 5.74) is -0.595. The average molecular weight is 340 g/mol. The molecule has 24 heavy (non-hydrogen) atoms. The van der Waals surface area contributed by atoms with Crippen LogP contribution in [0.3, 0.4) is 0 Å². The SMILES string of the molecule is COC(c1cc(F)c(C=N)c(F)c1)C1CN(C(=O)OC(C)(C)C)C1. The summed E-state index contributed by atoms with van der Waals surface area (Å²) in [6.45, 7) is 6.15. The van der Waals surface area contributed by atoms with E-state index in [9.17, 15) is 13.6 Å². The van der Waals surface area contributed by atoms with Gasteiger partial charge in [0.1, 0.15) is 17.2 Å². The van der Waals surface area contributed by atoms with Gasteiger partial charge in [0.05, 0.1) is 11.7 Å². The highest BCUT2D eigenvalue weighted by molar-refractivity contribution is 5.77. The normalized spacial score (nSPS) is 16.5. The van der Waals surface area contributed by atoms with Gasteiger partial charge >= 0.3 is 6.09 Å². The van der Waals surface area contributed by atoms with E-state index < -0.39 is 29.4 Å². The number of halogens is 2. The molecule has 0 aromatic heterocycles. The Morgan fingerprint density at radius 2 is 1.88 bits per heavy atom. The van der Waals surface area contributed by atoms with Crippen molar-refractivity contribution >= 4 is 12.3 Å². The van der Waals surface area contributed by atoms with Crippen molar-refractivity contribution in [1.82, 2.24) is 4.90 Å². The number of ether oxygens (including phenoxy) is 2. The molecule has 1 unspecified atom stereocenters. The second-order valence-corrected chi connectivity index (χ2v) is 6.84. The summed E-state index contributed by atoms with van der Waals surface area (Å²) in [6, 6.07) is 2.35. The first-order valence-corrected chi connectivity index (χ1v) is 7.66. The van der Waals surface area contributed by atoms with Crippen molar-refractivity contribution in [1.29, 1.82) is 5.41 Å². The molecule has 1 aromatic carbocycles. The van der Waals surface area contributed by atoms with Crippen molar-refractivity contribution in [2.75, 3.05) is 20.2 Å². The fourth-order valence-electron chi connectivity index (χ4n) is 2.69. The third kappa shape index (κ3) is 3.90. The molecule has 132 valence electrons. The lowest BCUT2D eigenvalue weighted by molar-refractivity contribution is -0.0449. The molecule has 1 aliphatic heterocycles. The second kappa shape index (κ2) is 6.84. The standard InChI is InChI=1S/C17H22F2N2O3/c1-17(2,3)24-16(22)21-8-11(9-21)15(23-4)10-5-13(18)12(7-20)14(19)6-10/h5-7,11,15,20H,8-9H2,1-4H3. The van der Waals surface area contributed by atoms with Crippen LogP contribution in [-0.2, 0) is 9.47 Å².